The molecule has 1 unspecified atom stereocenters. The van der Waals surface area contributed by atoms with Crippen LogP contribution >= 0.6 is 23.2 Å². The number of rotatable bonds is 5. The Hall–Kier alpha value is -1.95. The second kappa shape index (κ2) is 9.03. The third kappa shape index (κ3) is 5.10. The minimum Gasteiger partial charge on any atom is -0.481 e. The second-order valence-electron chi connectivity index (χ2n) is 7.11. The third-order valence-corrected chi connectivity index (χ3v) is 5.34. The first-order chi connectivity index (χ1) is 13.3. The number of likely N-dealkylation sites (N-methyl/N-ethyl adjacent to an activating group) is 1. The number of nitrogens with zero attached hydrogens (tertiary/aromatic N) is 2. The zero-order valence-corrected chi connectivity index (χ0v) is 17.8. The summed E-state index contributed by atoms with van der Waals surface area (Å²) in [7, 11) is 2.11. The molecule has 1 amide bonds. The molecule has 1 heterocycles. The maximum Gasteiger partial charge on any atom is 0.265 e. The van der Waals surface area contributed by atoms with Crippen molar-refractivity contribution in [3.05, 3.63) is 52.0 Å². The first-order valence-corrected chi connectivity index (χ1v) is 10.1. The van der Waals surface area contributed by atoms with Crippen molar-refractivity contribution in [3.63, 3.8) is 0 Å². The van der Waals surface area contributed by atoms with Gasteiger partial charge in [-0.2, -0.15) is 0 Å². The number of hydrogen-bond acceptors (Lipinski definition) is 4. The van der Waals surface area contributed by atoms with Gasteiger partial charge in [-0.05, 0) is 62.9 Å². The molecule has 0 radical (unpaired) electrons. The van der Waals surface area contributed by atoms with Crippen molar-refractivity contribution in [2.45, 2.75) is 20.0 Å². The van der Waals surface area contributed by atoms with E-state index in [4.69, 9.17) is 27.9 Å². The summed E-state index contributed by atoms with van der Waals surface area (Å²) in [4.78, 5) is 17.3. The lowest BCUT2D eigenvalue weighted by atomic mass is 10.2. The summed E-state index contributed by atoms with van der Waals surface area (Å²) < 4.78 is 5.84. The summed E-state index contributed by atoms with van der Waals surface area (Å²) >= 11 is 12.2. The first kappa shape index (κ1) is 20.8. The Balaban J connectivity index is 1.73. The van der Waals surface area contributed by atoms with Crippen LogP contribution in [0.3, 0.4) is 0 Å². The van der Waals surface area contributed by atoms with Gasteiger partial charge in [-0.3, -0.25) is 4.79 Å². The highest BCUT2D eigenvalue weighted by atomic mass is 35.5. The van der Waals surface area contributed by atoms with Crippen LogP contribution in [0.1, 0.15) is 12.5 Å². The van der Waals surface area contributed by atoms with E-state index in [2.05, 4.69) is 22.2 Å². The quantitative estimate of drug-likeness (QED) is 0.773. The van der Waals surface area contributed by atoms with Crippen molar-refractivity contribution < 1.29 is 9.53 Å². The van der Waals surface area contributed by atoms with E-state index in [1.165, 1.54) is 0 Å². The summed E-state index contributed by atoms with van der Waals surface area (Å²) in [5.41, 5.74) is 2.55. The Morgan fingerprint density at radius 2 is 1.71 bits per heavy atom. The van der Waals surface area contributed by atoms with Crippen molar-refractivity contribution in [1.82, 2.24) is 4.90 Å². The third-order valence-electron chi connectivity index (χ3n) is 4.87. The molecule has 0 bridgehead atoms. The van der Waals surface area contributed by atoms with E-state index in [1.54, 1.807) is 25.1 Å². The molecule has 0 saturated carbocycles. The molecular formula is C21H25Cl2N3O2. The lowest BCUT2D eigenvalue weighted by Gasteiger charge is -2.35. The summed E-state index contributed by atoms with van der Waals surface area (Å²) in [6.07, 6.45) is -0.667. The van der Waals surface area contributed by atoms with Crippen molar-refractivity contribution in [2.24, 2.45) is 0 Å². The standard InChI is InChI=1S/C21H25Cl2N3O2/c1-14-12-16(22)5-7-20(14)28-15(2)21(27)24-18-13-17(23)4-6-19(18)26-10-8-25(3)9-11-26/h4-7,12-13,15H,8-11H2,1-3H3,(H,24,27). The topological polar surface area (TPSA) is 44.8 Å². The van der Waals surface area contributed by atoms with Gasteiger partial charge in [0.1, 0.15) is 5.75 Å². The van der Waals surface area contributed by atoms with Crippen LogP contribution < -0.4 is 15.0 Å². The molecule has 2 aromatic carbocycles. The van der Waals surface area contributed by atoms with E-state index >= 15 is 0 Å². The molecule has 2 aromatic rings. The van der Waals surface area contributed by atoms with E-state index in [0.717, 1.165) is 37.4 Å². The molecule has 28 heavy (non-hydrogen) atoms. The van der Waals surface area contributed by atoms with Gasteiger partial charge in [0, 0.05) is 36.2 Å². The Kier molecular flexibility index (Phi) is 6.70. The summed E-state index contributed by atoms with van der Waals surface area (Å²) in [5.74, 6) is 0.407. The van der Waals surface area contributed by atoms with Gasteiger partial charge in [0.25, 0.3) is 5.91 Å². The van der Waals surface area contributed by atoms with Crippen LogP contribution in [-0.4, -0.2) is 50.1 Å². The van der Waals surface area contributed by atoms with Gasteiger partial charge in [0.2, 0.25) is 0 Å². The van der Waals surface area contributed by atoms with Crippen LogP contribution in [0.5, 0.6) is 5.75 Å². The number of piperazine rings is 1. The van der Waals surface area contributed by atoms with Gasteiger partial charge in [0.15, 0.2) is 6.10 Å². The molecule has 150 valence electrons. The number of ether oxygens (including phenoxy) is 1. The van der Waals surface area contributed by atoms with Gasteiger partial charge in [-0.1, -0.05) is 23.2 Å². The Morgan fingerprint density at radius 3 is 2.39 bits per heavy atom. The number of aryl methyl sites for hydroxylation is 1. The van der Waals surface area contributed by atoms with Gasteiger partial charge < -0.3 is 19.9 Å². The zero-order valence-electron chi connectivity index (χ0n) is 16.3. The average molecular weight is 422 g/mol. The van der Waals surface area contributed by atoms with E-state index in [9.17, 15) is 4.79 Å². The molecule has 1 N–H and O–H groups in total. The Bertz CT molecular complexity index is 852. The lowest BCUT2D eigenvalue weighted by molar-refractivity contribution is -0.122. The molecule has 7 heteroatoms. The minimum absolute atomic E-state index is 0.230. The number of halogens is 2. The molecule has 1 aliphatic rings. The van der Waals surface area contributed by atoms with Crippen LogP contribution in [0.4, 0.5) is 11.4 Å². The first-order valence-electron chi connectivity index (χ1n) is 9.30. The van der Waals surface area contributed by atoms with Gasteiger partial charge in [-0.15, -0.1) is 0 Å². The van der Waals surface area contributed by atoms with Crippen molar-refractivity contribution >= 4 is 40.5 Å². The van der Waals surface area contributed by atoms with Crippen molar-refractivity contribution in [1.29, 1.82) is 0 Å². The normalized spacial score (nSPS) is 16.0. The second-order valence-corrected chi connectivity index (χ2v) is 7.98. The highest BCUT2D eigenvalue weighted by Crippen LogP contribution is 2.30. The van der Waals surface area contributed by atoms with Crippen LogP contribution in [0.15, 0.2) is 36.4 Å². The van der Waals surface area contributed by atoms with Crippen molar-refractivity contribution in [2.75, 3.05) is 43.4 Å². The number of hydrogen-bond donors (Lipinski definition) is 1. The zero-order chi connectivity index (χ0) is 20.3. The Labute approximate surface area is 176 Å². The van der Waals surface area contributed by atoms with E-state index in [1.807, 2.05) is 25.1 Å². The van der Waals surface area contributed by atoms with Crippen LogP contribution in [0, 0.1) is 6.92 Å². The summed E-state index contributed by atoms with van der Waals surface area (Å²) in [6, 6.07) is 10.9. The van der Waals surface area contributed by atoms with E-state index in [0.29, 0.717) is 21.5 Å². The monoisotopic (exact) mass is 421 g/mol. The fourth-order valence-electron chi connectivity index (χ4n) is 3.15. The summed E-state index contributed by atoms with van der Waals surface area (Å²) in [6.45, 7) is 7.38. The van der Waals surface area contributed by atoms with Crippen LogP contribution in [-0.2, 0) is 4.79 Å². The number of carbonyl (C=O) groups excluding carboxylic acids is 1. The average Bonchev–Trinajstić information content (AvgIpc) is 2.65. The van der Waals surface area contributed by atoms with Crippen LogP contribution in [0.25, 0.3) is 0 Å². The number of carbonyl (C=O) groups is 1. The molecule has 1 fully saturated rings. The van der Waals surface area contributed by atoms with Crippen LogP contribution in [0.2, 0.25) is 10.0 Å². The smallest absolute Gasteiger partial charge is 0.265 e. The summed E-state index contributed by atoms with van der Waals surface area (Å²) in [5, 5.41) is 4.20. The SMILES string of the molecule is Cc1cc(Cl)ccc1OC(C)C(=O)Nc1cc(Cl)ccc1N1CCN(C)CC1. The molecule has 1 aliphatic heterocycles. The molecule has 1 saturated heterocycles. The number of nitrogens with one attached hydrogen (secondary N) is 1. The van der Waals surface area contributed by atoms with E-state index in [-0.39, 0.29) is 5.91 Å². The van der Waals surface area contributed by atoms with Gasteiger partial charge in [-0.25, -0.2) is 0 Å². The maximum atomic E-state index is 12.8. The highest BCUT2D eigenvalue weighted by Gasteiger charge is 2.21. The Morgan fingerprint density at radius 1 is 1.07 bits per heavy atom. The van der Waals surface area contributed by atoms with Gasteiger partial charge >= 0.3 is 0 Å². The molecular weight excluding hydrogens is 397 g/mol. The maximum absolute atomic E-state index is 12.8. The molecule has 5 nitrogen and oxygen atoms in total. The highest BCUT2D eigenvalue weighted by molar-refractivity contribution is 6.31. The fraction of sp³-hybridized carbons (Fsp3) is 0.381. The molecule has 0 aromatic heterocycles. The number of anilines is 2. The largest absolute Gasteiger partial charge is 0.481 e. The number of amides is 1. The van der Waals surface area contributed by atoms with E-state index < -0.39 is 6.10 Å². The predicted octanol–water partition coefficient (Wildman–Crippen LogP) is 4.46. The molecule has 0 aliphatic carbocycles. The predicted molar refractivity (Wildman–Crippen MR) is 116 cm³/mol. The number of benzene rings is 2. The molecule has 0 spiro atoms. The lowest BCUT2D eigenvalue weighted by Crippen LogP contribution is -2.44. The minimum atomic E-state index is -0.667. The molecule has 3 rings (SSSR count). The molecule has 1 atom stereocenters. The van der Waals surface area contributed by atoms with Gasteiger partial charge in [0.05, 0.1) is 11.4 Å². The fourth-order valence-corrected chi connectivity index (χ4v) is 3.55. The van der Waals surface area contributed by atoms with Crippen molar-refractivity contribution in [3.8, 4) is 5.75 Å².